The molecule has 0 radical (unpaired) electrons. The highest BCUT2D eigenvalue weighted by atomic mass is 16.6. The molecule has 3 rings (SSSR count). The van der Waals surface area contributed by atoms with Gasteiger partial charge >= 0.3 is 5.97 Å². The number of ether oxygens (including phenoxy) is 2. The smallest absolute Gasteiger partial charge is 0.338 e. The number of aliphatic hydroxyl groups is 1. The number of carbonyl (C=O) groups is 2. The standard InChI is InChI=1S/C20H24N2O6/c1-20(2,3)28-19(26)16(24)17-18(25)22(9-10-27-17)13-7-5-12-6-8-15(23)21(4)14(12)11-13/h5-8,11,16-17,24H,9-10H2,1-4H3/t16-,17?/m1/s1. The quantitative estimate of drug-likeness (QED) is 0.787. The minimum Gasteiger partial charge on any atom is -0.458 e. The van der Waals surface area contributed by atoms with Crippen molar-refractivity contribution in [3.8, 4) is 0 Å². The molecule has 2 heterocycles. The number of hydrogen-bond donors (Lipinski definition) is 1. The minimum absolute atomic E-state index is 0.155. The Balaban J connectivity index is 1.88. The summed E-state index contributed by atoms with van der Waals surface area (Å²) in [6.07, 6.45) is -3.07. The second-order valence-corrected chi connectivity index (χ2v) is 7.73. The maximum atomic E-state index is 12.9. The number of amides is 1. The number of hydrogen-bond acceptors (Lipinski definition) is 6. The molecule has 2 aromatic rings. The number of rotatable bonds is 3. The van der Waals surface area contributed by atoms with Crippen LogP contribution in [-0.4, -0.2) is 52.5 Å². The van der Waals surface area contributed by atoms with Crippen LogP contribution in [0.15, 0.2) is 35.1 Å². The SMILES string of the molecule is Cn1c(=O)ccc2ccc(N3CCOC([C@@H](O)C(=O)OC(C)(C)C)C3=O)cc21. The van der Waals surface area contributed by atoms with Crippen LogP contribution < -0.4 is 10.5 Å². The molecule has 1 unspecified atom stereocenters. The summed E-state index contributed by atoms with van der Waals surface area (Å²) in [6, 6.07) is 8.50. The van der Waals surface area contributed by atoms with Gasteiger partial charge in [0.2, 0.25) is 0 Å². The second kappa shape index (κ2) is 7.37. The fraction of sp³-hybridized carbons (Fsp3) is 0.450. The number of nitrogens with zero attached hydrogens (tertiary/aromatic N) is 2. The van der Waals surface area contributed by atoms with Gasteiger partial charge in [-0.25, -0.2) is 4.79 Å². The minimum atomic E-state index is -1.72. The van der Waals surface area contributed by atoms with Crippen LogP contribution in [0.5, 0.6) is 0 Å². The Kier molecular flexibility index (Phi) is 5.27. The van der Waals surface area contributed by atoms with Gasteiger partial charge in [-0.2, -0.15) is 0 Å². The number of aromatic nitrogens is 1. The molecule has 2 atom stereocenters. The topological polar surface area (TPSA) is 98.1 Å². The highest BCUT2D eigenvalue weighted by Gasteiger charge is 2.41. The first-order valence-electron chi connectivity index (χ1n) is 9.02. The zero-order valence-electron chi connectivity index (χ0n) is 16.3. The highest BCUT2D eigenvalue weighted by molar-refractivity contribution is 6.01. The van der Waals surface area contributed by atoms with Crippen LogP contribution in [-0.2, 0) is 26.1 Å². The summed E-state index contributed by atoms with van der Waals surface area (Å²) in [5.74, 6) is -1.45. The van der Waals surface area contributed by atoms with Crippen molar-refractivity contribution in [2.24, 2.45) is 7.05 Å². The van der Waals surface area contributed by atoms with Crippen molar-refractivity contribution in [3.05, 3.63) is 40.7 Å². The first kappa shape index (κ1) is 20.0. The molecule has 0 aliphatic carbocycles. The van der Waals surface area contributed by atoms with E-state index in [0.29, 0.717) is 11.2 Å². The molecular weight excluding hydrogens is 364 g/mol. The maximum Gasteiger partial charge on any atom is 0.338 e. The summed E-state index contributed by atoms with van der Waals surface area (Å²) in [5.41, 5.74) is 0.284. The monoisotopic (exact) mass is 388 g/mol. The lowest BCUT2D eigenvalue weighted by Gasteiger charge is -2.34. The molecule has 28 heavy (non-hydrogen) atoms. The van der Waals surface area contributed by atoms with Gasteiger partial charge in [-0.15, -0.1) is 0 Å². The molecule has 1 fully saturated rings. The van der Waals surface area contributed by atoms with E-state index in [1.165, 1.54) is 15.5 Å². The number of aryl methyl sites for hydroxylation is 1. The van der Waals surface area contributed by atoms with Crippen molar-refractivity contribution in [2.45, 2.75) is 38.6 Å². The number of aliphatic hydroxyl groups excluding tert-OH is 1. The average Bonchev–Trinajstić information content (AvgIpc) is 2.63. The molecule has 1 amide bonds. The number of esters is 1. The van der Waals surface area contributed by atoms with E-state index in [-0.39, 0.29) is 18.7 Å². The Labute approximate surface area is 162 Å². The summed E-state index contributed by atoms with van der Waals surface area (Å²) in [7, 11) is 1.66. The third kappa shape index (κ3) is 3.93. The van der Waals surface area contributed by atoms with Gasteiger partial charge in [0.15, 0.2) is 12.2 Å². The molecule has 150 valence electrons. The van der Waals surface area contributed by atoms with Gasteiger partial charge in [-0.3, -0.25) is 9.59 Å². The van der Waals surface area contributed by atoms with E-state index in [9.17, 15) is 19.5 Å². The Morgan fingerprint density at radius 1 is 1.25 bits per heavy atom. The van der Waals surface area contributed by atoms with E-state index >= 15 is 0 Å². The average molecular weight is 388 g/mol. The van der Waals surface area contributed by atoms with Crippen LogP contribution in [0.2, 0.25) is 0 Å². The first-order chi connectivity index (χ1) is 13.1. The Morgan fingerprint density at radius 3 is 2.61 bits per heavy atom. The van der Waals surface area contributed by atoms with E-state index in [2.05, 4.69) is 0 Å². The lowest BCUT2D eigenvalue weighted by atomic mass is 10.1. The third-order valence-electron chi connectivity index (χ3n) is 4.48. The predicted molar refractivity (Wildman–Crippen MR) is 103 cm³/mol. The molecule has 1 N–H and O–H groups in total. The van der Waals surface area contributed by atoms with Crippen molar-refractivity contribution in [1.29, 1.82) is 0 Å². The first-order valence-corrected chi connectivity index (χ1v) is 9.02. The predicted octanol–water partition coefficient (Wildman–Crippen LogP) is 0.973. The normalized spacial score (nSPS) is 19.0. The summed E-state index contributed by atoms with van der Waals surface area (Å²) in [4.78, 5) is 38.4. The Bertz CT molecular complexity index is 975. The summed E-state index contributed by atoms with van der Waals surface area (Å²) in [5, 5.41) is 11.2. The lowest BCUT2D eigenvalue weighted by molar-refractivity contribution is -0.177. The molecule has 1 aliphatic heterocycles. The molecule has 1 aromatic carbocycles. The van der Waals surface area contributed by atoms with Gasteiger partial charge < -0.3 is 24.0 Å². The fourth-order valence-electron chi connectivity index (χ4n) is 3.10. The summed E-state index contributed by atoms with van der Waals surface area (Å²) < 4.78 is 12.0. The van der Waals surface area contributed by atoms with Crippen LogP contribution in [0.25, 0.3) is 10.9 Å². The van der Waals surface area contributed by atoms with Crippen molar-refractivity contribution in [2.75, 3.05) is 18.1 Å². The van der Waals surface area contributed by atoms with Gasteiger partial charge in [0, 0.05) is 25.3 Å². The number of carbonyl (C=O) groups excluding carboxylic acids is 2. The maximum absolute atomic E-state index is 12.9. The number of fused-ring (bicyclic) bond motifs is 1. The van der Waals surface area contributed by atoms with Gasteiger partial charge in [0.05, 0.1) is 12.1 Å². The van der Waals surface area contributed by atoms with Crippen molar-refractivity contribution in [3.63, 3.8) is 0 Å². The van der Waals surface area contributed by atoms with Crippen molar-refractivity contribution >= 4 is 28.5 Å². The van der Waals surface area contributed by atoms with Gasteiger partial charge in [0.1, 0.15) is 5.60 Å². The highest BCUT2D eigenvalue weighted by Crippen LogP contribution is 2.25. The van der Waals surface area contributed by atoms with Gasteiger partial charge in [0.25, 0.3) is 11.5 Å². The number of benzene rings is 1. The van der Waals surface area contributed by atoms with Crippen LogP contribution in [0, 0.1) is 0 Å². The van der Waals surface area contributed by atoms with E-state index in [1.807, 2.05) is 6.07 Å². The van der Waals surface area contributed by atoms with E-state index in [1.54, 1.807) is 46.0 Å². The Hall–Kier alpha value is -2.71. The summed E-state index contributed by atoms with van der Waals surface area (Å²) in [6.45, 7) is 5.44. The molecule has 8 nitrogen and oxygen atoms in total. The molecule has 1 saturated heterocycles. The number of anilines is 1. The fourth-order valence-corrected chi connectivity index (χ4v) is 3.10. The van der Waals surface area contributed by atoms with Crippen molar-refractivity contribution in [1.82, 2.24) is 4.57 Å². The molecule has 1 aliphatic rings. The molecule has 8 heteroatoms. The van der Waals surface area contributed by atoms with E-state index in [4.69, 9.17) is 9.47 Å². The molecular formula is C20H24N2O6. The summed E-state index contributed by atoms with van der Waals surface area (Å²) >= 11 is 0. The van der Waals surface area contributed by atoms with Crippen molar-refractivity contribution < 1.29 is 24.2 Å². The van der Waals surface area contributed by atoms with Crippen LogP contribution >= 0.6 is 0 Å². The number of morpholine rings is 1. The van der Waals surface area contributed by atoms with Crippen LogP contribution in [0.4, 0.5) is 5.69 Å². The van der Waals surface area contributed by atoms with Crippen LogP contribution in [0.1, 0.15) is 20.8 Å². The van der Waals surface area contributed by atoms with E-state index < -0.39 is 29.7 Å². The van der Waals surface area contributed by atoms with Crippen LogP contribution in [0.3, 0.4) is 0 Å². The molecule has 0 saturated carbocycles. The van der Waals surface area contributed by atoms with E-state index in [0.717, 1.165) is 5.39 Å². The molecule has 1 aromatic heterocycles. The Morgan fingerprint density at radius 2 is 1.93 bits per heavy atom. The molecule has 0 spiro atoms. The second-order valence-electron chi connectivity index (χ2n) is 7.73. The zero-order chi connectivity index (χ0) is 20.6. The lowest BCUT2D eigenvalue weighted by Crippen LogP contribution is -2.55. The largest absolute Gasteiger partial charge is 0.458 e. The molecule has 0 bridgehead atoms. The third-order valence-corrected chi connectivity index (χ3v) is 4.48. The zero-order valence-corrected chi connectivity index (χ0v) is 16.3. The van der Waals surface area contributed by atoms with Gasteiger partial charge in [-0.05, 0) is 44.4 Å². The van der Waals surface area contributed by atoms with Gasteiger partial charge in [-0.1, -0.05) is 6.07 Å². The number of pyridine rings is 1.